The molecule has 0 bridgehead atoms. The normalized spacial score (nSPS) is 13.5. The van der Waals surface area contributed by atoms with Gasteiger partial charge in [-0.1, -0.05) is 72.8 Å². The Kier molecular flexibility index (Phi) is 5.10. The molecular weight excluding hydrogens is 366 g/mol. The minimum Gasteiger partial charge on any atom is -0.370 e. The molecule has 0 fully saturated rings. The van der Waals surface area contributed by atoms with E-state index in [1.807, 2.05) is 0 Å². The Morgan fingerprint density at radius 2 is 1.53 bits per heavy atom. The zero-order valence-electron chi connectivity index (χ0n) is 17.4. The van der Waals surface area contributed by atoms with Gasteiger partial charge in [-0.3, -0.25) is 0 Å². The molecule has 5 rings (SSSR count). The molecular formula is C27H27N3. The van der Waals surface area contributed by atoms with Crippen LogP contribution >= 0.6 is 0 Å². The predicted octanol–water partition coefficient (Wildman–Crippen LogP) is 6.11. The molecule has 1 aliphatic rings. The van der Waals surface area contributed by atoms with Crippen molar-refractivity contribution in [2.45, 2.75) is 32.1 Å². The highest BCUT2D eigenvalue weighted by molar-refractivity contribution is 5.58. The molecule has 0 spiro atoms. The second-order valence-corrected chi connectivity index (χ2v) is 8.10. The summed E-state index contributed by atoms with van der Waals surface area (Å²) in [5, 5.41) is 8.94. The molecule has 4 aromatic rings. The van der Waals surface area contributed by atoms with E-state index < -0.39 is 0 Å². The van der Waals surface area contributed by atoms with Crippen LogP contribution in [0.5, 0.6) is 0 Å². The fourth-order valence-corrected chi connectivity index (χ4v) is 4.51. The summed E-state index contributed by atoms with van der Waals surface area (Å²) in [5.74, 6) is 1.28. The van der Waals surface area contributed by atoms with Crippen LogP contribution in [0.3, 0.4) is 0 Å². The molecule has 1 aliphatic heterocycles. The molecule has 0 unspecified atom stereocenters. The summed E-state index contributed by atoms with van der Waals surface area (Å²) in [4.78, 5) is 0. The predicted molar refractivity (Wildman–Crippen MR) is 124 cm³/mol. The lowest BCUT2D eigenvalue weighted by Crippen LogP contribution is -2.08. The van der Waals surface area contributed by atoms with E-state index in [1.165, 1.54) is 40.8 Å². The van der Waals surface area contributed by atoms with Gasteiger partial charge in [0.15, 0.2) is 0 Å². The standard InChI is InChI=1S/C27H27N3/c1-20-11-10-16-23(19-20)30-27-24(17-8-9-18-28-27)26(29-30)25(21-12-4-2-5-13-21)22-14-6-3-7-15-22/h2-7,10-16,19,25,28H,8-9,17-18H2,1H3. The second kappa shape index (κ2) is 8.19. The van der Waals surface area contributed by atoms with Crippen molar-refractivity contribution in [2.24, 2.45) is 0 Å². The largest absolute Gasteiger partial charge is 0.370 e. The number of aryl methyl sites for hydroxylation is 1. The Balaban J connectivity index is 1.74. The first kappa shape index (κ1) is 18.7. The van der Waals surface area contributed by atoms with Crippen molar-refractivity contribution in [1.82, 2.24) is 9.78 Å². The highest BCUT2D eigenvalue weighted by Crippen LogP contribution is 2.38. The molecule has 0 saturated heterocycles. The Bertz CT molecular complexity index is 1090. The summed E-state index contributed by atoms with van der Waals surface area (Å²) in [7, 11) is 0. The van der Waals surface area contributed by atoms with E-state index >= 15 is 0 Å². The number of nitrogens with one attached hydrogen (secondary N) is 1. The highest BCUT2D eigenvalue weighted by atomic mass is 15.3. The van der Waals surface area contributed by atoms with Crippen LogP contribution in [0.4, 0.5) is 5.82 Å². The molecule has 3 aromatic carbocycles. The number of anilines is 1. The first-order valence-electron chi connectivity index (χ1n) is 10.8. The van der Waals surface area contributed by atoms with Gasteiger partial charge in [-0.05, 0) is 55.0 Å². The van der Waals surface area contributed by atoms with Gasteiger partial charge in [0.2, 0.25) is 0 Å². The molecule has 0 radical (unpaired) electrons. The molecule has 150 valence electrons. The number of fused-ring (bicyclic) bond motifs is 1. The van der Waals surface area contributed by atoms with Crippen LogP contribution in [0.25, 0.3) is 5.69 Å². The lowest BCUT2D eigenvalue weighted by molar-refractivity contribution is 0.754. The van der Waals surface area contributed by atoms with Crippen LogP contribution < -0.4 is 5.32 Å². The minimum atomic E-state index is 0.118. The minimum absolute atomic E-state index is 0.118. The van der Waals surface area contributed by atoms with E-state index in [1.54, 1.807) is 0 Å². The molecule has 1 N–H and O–H groups in total. The van der Waals surface area contributed by atoms with Crippen molar-refractivity contribution in [3.8, 4) is 5.69 Å². The fourth-order valence-electron chi connectivity index (χ4n) is 4.51. The molecule has 0 aliphatic carbocycles. The van der Waals surface area contributed by atoms with Crippen LogP contribution in [0.2, 0.25) is 0 Å². The summed E-state index contributed by atoms with van der Waals surface area (Å²) in [6.45, 7) is 3.13. The van der Waals surface area contributed by atoms with E-state index in [4.69, 9.17) is 5.10 Å². The number of aromatic nitrogens is 2. The third kappa shape index (κ3) is 3.52. The molecule has 2 heterocycles. The molecule has 30 heavy (non-hydrogen) atoms. The lowest BCUT2D eigenvalue weighted by Gasteiger charge is -2.18. The highest BCUT2D eigenvalue weighted by Gasteiger charge is 2.28. The second-order valence-electron chi connectivity index (χ2n) is 8.10. The zero-order chi connectivity index (χ0) is 20.3. The van der Waals surface area contributed by atoms with Crippen LogP contribution in [0.1, 0.15) is 46.7 Å². The van der Waals surface area contributed by atoms with Crippen molar-refractivity contribution < 1.29 is 0 Å². The summed E-state index contributed by atoms with van der Waals surface area (Å²) < 4.78 is 2.13. The van der Waals surface area contributed by atoms with Crippen molar-refractivity contribution in [1.29, 1.82) is 0 Å². The van der Waals surface area contributed by atoms with E-state index in [-0.39, 0.29) is 5.92 Å². The van der Waals surface area contributed by atoms with E-state index in [0.717, 1.165) is 24.5 Å². The van der Waals surface area contributed by atoms with Crippen LogP contribution in [-0.4, -0.2) is 16.3 Å². The average Bonchev–Trinajstić information content (AvgIpc) is 2.96. The monoisotopic (exact) mass is 393 g/mol. The Hall–Kier alpha value is -3.33. The Labute approximate surface area is 178 Å². The molecule has 3 heteroatoms. The Morgan fingerprint density at radius 1 is 0.833 bits per heavy atom. The maximum absolute atomic E-state index is 5.25. The summed E-state index contributed by atoms with van der Waals surface area (Å²) >= 11 is 0. The van der Waals surface area contributed by atoms with Gasteiger partial charge in [0.1, 0.15) is 5.82 Å². The average molecular weight is 394 g/mol. The van der Waals surface area contributed by atoms with Gasteiger partial charge >= 0.3 is 0 Å². The third-order valence-electron chi connectivity index (χ3n) is 5.95. The number of nitrogens with zero attached hydrogens (tertiary/aromatic N) is 2. The molecule has 1 aromatic heterocycles. The van der Waals surface area contributed by atoms with Gasteiger partial charge in [0.05, 0.1) is 17.3 Å². The van der Waals surface area contributed by atoms with Crippen LogP contribution in [0, 0.1) is 6.92 Å². The molecule has 3 nitrogen and oxygen atoms in total. The quantitative estimate of drug-likeness (QED) is 0.453. The zero-order valence-corrected chi connectivity index (χ0v) is 17.4. The van der Waals surface area contributed by atoms with Crippen molar-refractivity contribution in [3.05, 3.63) is 113 Å². The molecule has 0 saturated carbocycles. The van der Waals surface area contributed by atoms with Gasteiger partial charge in [0, 0.05) is 12.1 Å². The van der Waals surface area contributed by atoms with E-state index in [0.29, 0.717) is 0 Å². The smallest absolute Gasteiger partial charge is 0.133 e. The SMILES string of the molecule is Cc1cccc(-n2nc(C(c3ccccc3)c3ccccc3)c3c2NCCCC3)c1. The first-order valence-corrected chi connectivity index (χ1v) is 10.8. The number of rotatable bonds is 4. The van der Waals surface area contributed by atoms with E-state index in [2.05, 4.69) is 102 Å². The maximum Gasteiger partial charge on any atom is 0.133 e. The Morgan fingerprint density at radius 3 is 2.20 bits per heavy atom. The van der Waals surface area contributed by atoms with Crippen LogP contribution in [-0.2, 0) is 6.42 Å². The number of hydrogen-bond donors (Lipinski definition) is 1. The van der Waals surface area contributed by atoms with Crippen LogP contribution in [0.15, 0.2) is 84.9 Å². The summed E-state index contributed by atoms with van der Waals surface area (Å²) in [6, 6.07) is 30.2. The van der Waals surface area contributed by atoms with Crippen molar-refractivity contribution in [2.75, 3.05) is 11.9 Å². The van der Waals surface area contributed by atoms with E-state index in [9.17, 15) is 0 Å². The summed E-state index contributed by atoms with van der Waals surface area (Å²) in [6.07, 6.45) is 3.42. The molecule has 0 atom stereocenters. The number of hydrogen-bond acceptors (Lipinski definition) is 2. The van der Waals surface area contributed by atoms with Gasteiger partial charge in [-0.15, -0.1) is 0 Å². The van der Waals surface area contributed by atoms with Gasteiger partial charge < -0.3 is 5.32 Å². The van der Waals surface area contributed by atoms with Gasteiger partial charge in [0.25, 0.3) is 0 Å². The molecule has 0 amide bonds. The topological polar surface area (TPSA) is 29.9 Å². The van der Waals surface area contributed by atoms with Crippen molar-refractivity contribution >= 4 is 5.82 Å². The van der Waals surface area contributed by atoms with Gasteiger partial charge in [-0.2, -0.15) is 5.10 Å². The van der Waals surface area contributed by atoms with Crippen molar-refractivity contribution in [3.63, 3.8) is 0 Å². The number of benzene rings is 3. The summed E-state index contributed by atoms with van der Waals surface area (Å²) in [5.41, 5.74) is 7.45. The third-order valence-corrected chi connectivity index (χ3v) is 5.95. The first-order chi connectivity index (χ1) is 14.8. The fraction of sp³-hybridized carbons (Fsp3) is 0.222. The van der Waals surface area contributed by atoms with Gasteiger partial charge in [-0.25, -0.2) is 4.68 Å². The maximum atomic E-state index is 5.25. The lowest BCUT2D eigenvalue weighted by atomic mass is 9.86.